The molecule has 21 heavy (non-hydrogen) atoms. The van der Waals surface area contributed by atoms with E-state index >= 15 is 0 Å². The van der Waals surface area contributed by atoms with Crippen molar-refractivity contribution in [3.63, 3.8) is 0 Å². The first-order valence-electron chi connectivity index (χ1n) is 6.91. The number of benzene rings is 1. The summed E-state index contributed by atoms with van der Waals surface area (Å²) in [4.78, 5) is 21.8. The third-order valence-corrected chi connectivity index (χ3v) is 3.69. The Morgan fingerprint density at radius 1 is 1.24 bits per heavy atom. The highest BCUT2D eigenvalue weighted by Gasteiger charge is 2.29. The molecule has 0 saturated carbocycles. The molecule has 0 spiro atoms. The van der Waals surface area contributed by atoms with Crippen molar-refractivity contribution in [1.82, 2.24) is 9.88 Å². The number of rotatable bonds is 2. The molecule has 0 bridgehead atoms. The smallest absolute Gasteiger partial charge is 0.205 e. The van der Waals surface area contributed by atoms with Crippen LogP contribution < -0.4 is 5.32 Å². The number of carbonyl (C=O) groups excluding carboxylic acids is 1. The number of carbonyl (C=O) groups is 1. The first-order chi connectivity index (χ1) is 10.3. The highest BCUT2D eigenvalue weighted by Crippen LogP contribution is 2.29. The zero-order chi connectivity index (χ0) is 14.2. The molecule has 0 amide bonds. The summed E-state index contributed by atoms with van der Waals surface area (Å²) in [5.74, 6) is 1.67. The van der Waals surface area contributed by atoms with E-state index in [2.05, 4.69) is 20.2 Å². The predicted octanol–water partition coefficient (Wildman–Crippen LogP) is 2.23. The maximum Gasteiger partial charge on any atom is 0.205 e. The molecule has 0 aliphatic carbocycles. The summed E-state index contributed by atoms with van der Waals surface area (Å²) in [5.41, 5.74) is 2.65. The third-order valence-electron chi connectivity index (χ3n) is 3.69. The summed E-state index contributed by atoms with van der Waals surface area (Å²) >= 11 is 0. The van der Waals surface area contributed by atoms with Gasteiger partial charge in [0.05, 0.1) is 17.9 Å². The average Bonchev–Trinajstić information content (AvgIpc) is 3.19. The lowest BCUT2D eigenvalue weighted by atomic mass is 10.1. The molecule has 1 aromatic heterocycles. The molecule has 2 aliphatic rings. The van der Waals surface area contributed by atoms with Gasteiger partial charge in [-0.25, -0.2) is 0 Å². The van der Waals surface area contributed by atoms with Crippen LogP contribution in [-0.2, 0) is 0 Å². The number of ketones is 1. The molecule has 5 nitrogen and oxygen atoms in total. The third kappa shape index (κ3) is 1.94. The summed E-state index contributed by atoms with van der Waals surface area (Å²) in [6.07, 6.45) is 3.38. The fraction of sp³-hybridized carbons (Fsp3) is 0.125. The van der Waals surface area contributed by atoms with E-state index in [1.807, 2.05) is 30.3 Å². The monoisotopic (exact) mass is 278 g/mol. The van der Waals surface area contributed by atoms with Crippen molar-refractivity contribution in [3.8, 4) is 0 Å². The number of aromatic amines is 1. The molecular weight excluding hydrogens is 264 g/mol. The number of H-pyrrole nitrogens is 1. The van der Waals surface area contributed by atoms with Crippen LogP contribution in [0.2, 0.25) is 0 Å². The summed E-state index contributed by atoms with van der Waals surface area (Å²) in [6, 6.07) is 11.6. The first kappa shape index (κ1) is 12.0. The van der Waals surface area contributed by atoms with E-state index in [1.54, 1.807) is 18.3 Å². The number of aromatic nitrogens is 1. The van der Waals surface area contributed by atoms with Crippen molar-refractivity contribution in [2.75, 3.05) is 18.4 Å². The first-order valence-corrected chi connectivity index (χ1v) is 6.91. The van der Waals surface area contributed by atoms with Gasteiger partial charge in [0.2, 0.25) is 5.78 Å². The second-order valence-electron chi connectivity index (χ2n) is 5.01. The molecular formula is C16H14N4O. The predicted molar refractivity (Wildman–Crippen MR) is 81.4 cm³/mol. The Hall–Kier alpha value is -2.82. The van der Waals surface area contributed by atoms with Crippen LogP contribution in [-0.4, -0.2) is 34.6 Å². The van der Waals surface area contributed by atoms with E-state index in [-0.39, 0.29) is 5.78 Å². The molecule has 2 N–H and O–H groups in total. The molecule has 0 fully saturated rings. The summed E-state index contributed by atoms with van der Waals surface area (Å²) < 4.78 is 0. The van der Waals surface area contributed by atoms with E-state index in [1.165, 1.54) is 0 Å². The molecule has 0 radical (unpaired) electrons. The van der Waals surface area contributed by atoms with Crippen molar-refractivity contribution in [3.05, 3.63) is 65.7 Å². The lowest BCUT2D eigenvalue weighted by Crippen LogP contribution is -2.36. The number of amidine groups is 1. The Balaban J connectivity index is 1.75. The van der Waals surface area contributed by atoms with Crippen molar-refractivity contribution in [2.24, 2.45) is 4.99 Å². The van der Waals surface area contributed by atoms with Gasteiger partial charge in [0.1, 0.15) is 11.7 Å². The van der Waals surface area contributed by atoms with Crippen LogP contribution >= 0.6 is 0 Å². The second kappa shape index (κ2) is 4.63. The molecule has 4 rings (SSSR count). The lowest BCUT2D eigenvalue weighted by Gasteiger charge is -2.31. The number of allylic oxidation sites excluding steroid dienone is 1. The number of aliphatic imine (C=N–C) groups is 1. The number of nitrogens with one attached hydrogen (secondary N) is 2. The van der Waals surface area contributed by atoms with E-state index in [4.69, 9.17) is 0 Å². The Labute approximate surface area is 122 Å². The van der Waals surface area contributed by atoms with Crippen LogP contribution in [0, 0.1) is 0 Å². The molecule has 2 aromatic rings. The summed E-state index contributed by atoms with van der Waals surface area (Å²) in [6.45, 7) is 1.54. The van der Waals surface area contributed by atoms with Gasteiger partial charge < -0.3 is 15.2 Å². The molecule has 0 unspecified atom stereocenters. The Kier molecular flexibility index (Phi) is 2.64. The van der Waals surface area contributed by atoms with E-state index < -0.39 is 0 Å². The van der Waals surface area contributed by atoms with E-state index in [0.29, 0.717) is 5.69 Å². The SMILES string of the molecule is O=C(C=C1Nc2ccccc2C2=NCCN12)c1ccc[nH]1. The number of hydrogen-bond donors (Lipinski definition) is 2. The molecule has 1 aromatic carbocycles. The minimum Gasteiger partial charge on any atom is -0.359 e. The molecule has 2 aliphatic heterocycles. The summed E-state index contributed by atoms with van der Waals surface area (Å²) in [5, 5.41) is 3.33. The van der Waals surface area contributed by atoms with Gasteiger partial charge in [-0.15, -0.1) is 0 Å². The van der Waals surface area contributed by atoms with Gasteiger partial charge in [-0.1, -0.05) is 12.1 Å². The van der Waals surface area contributed by atoms with Gasteiger partial charge in [-0.05, 0) is 24.3 Å². The van der Waals surface area contributed by atoms with Crippen LogP contribution in [0.5, 0.6) is 0 Å². The quantitative estimate of drug-likeness (QED) is 0.654. The van der Waals surface area contributed by atoms with Gasteiger partial charge in [-0.2, -0.15) is 0 Å². The molecule has 5 heteroatoms. The Morgan fingerprint density at radius 2 is 2.14 bits per heavy atom. The van der Waals surface area contributed by atoms with Gasteiger partial charge in [-0.3, -0.25) is 9.79 Å². The largest absolute Gasteiger partial charge is 0.359 e. The standard InChI is InChI=1S/C16H14N4O/c21-14(13-6-3-7-17-13)10-15-19-12-5-2-1-4-11(12)16-18-8-9-20(15)16/h1-7,10,17,19H,8-9H2. The van der Waals surface area contributed by atoms with E-state index in [0.717, 1.165) is 36.0 Å². The number of fused-ring (bicyclic) bond motifs is 3. The van der Waals surface area contributed by atoms with E-state index in [9.17, 15) is 4.79 Å². The molecule has 0 atom stereocenters. The topological polar surface area (TPSA) is 60.5 Å². The fourth-order valence-corrected chi connectivity index (χ4v) is 2.70. The van der Waals surface area contributed by atoms with Crippen molar-refractivity contribution < 1.29 is 4.79 Å². The minimum atomic E-state index is -0.0480. The van der Waals surface area contributed by atoms with Crippen LogP contribution in [0.3, 0.4) is 0 Å². The van der Waals surface area contributed by atoms with Crippen molar-refractivity contribution in [2.45, 2.75) is 0 Å². The summed E-state index contributed by atoms with van der Waals surface area (Å²) in [7, 11) is 0. The zero-order valence-electron chi connectivity index (χ0n) is 11.3. The normalized spacial score (nSPS) is 18.0. The van der Waals surface area contributed by atoms with Crippen LogP contribution in [0.25, 0.3) is 0 Å². The highest BCUT2D eigenvalue weighted by atomic mass is 16.1. The second-order valence-corrected chi connectivity index (χ2v) is 5.01. The minimum absolute atomic E-state index is 0.0480. The fourth-order valence-electron chi connectivity index (χ4n) is 2.70. The molecule has 104 valence electrons. The van der Waals surface area contributed by atoms with Gasteiger partial charge in [0.15, 0.2) is 0 Å². The lowest BCUT2D eigenvalue weighted by molar-refractivity contribution is 0.104. The van der Waals surface area contributed by atoms with Crippen molar-refractivity contribution >= 4 is 17.3 Å². The molecule has 0 saturated heterocycles. The van der Waals surface area contributed by atoms with Gasteiger partial charge in [0, 0.05) is 24.4 Å². The number of para-hydroxylation sites is 1. The van der Waals surface area contributed by atoms with Crippen LogP contribution in [0.15, 0.2) is 59.5 Å². The van der Waals surface area contributed by atoms with Crippen molar-refractivity contribution in [1.29, 1.82) is 0 Å². The Bertz CT molecular complexity index is 758. The maximum absolute atomic E-state index is 12.3. The van der Waals surface area contributed by atoms with Crippen LogP contribution in [0.4, 0.5) is 5.69 Å². The maximum atomic E-state index is 12.3. The van der Waals surface area contributed by atoms with Gasteiger partial charge >= 0.3 is 0 Å². The number of anilines is 1. The zero-order valence-corrected chi connectivity index (χ0v) is 11.3. The molecule has 3 heterocycles. The number of hydrogen-bond acceptors (Lipinski definition) is 4. The highest BCUT2D eigenvalue weighted by molar-refractivity contribution is 6.10. The van der Waals surface area contributed by atoms with Gasteiger partial charge in [0.25, 0.3) is 0 Å². The average molecular weight is 278 g/mol. The number of nitrogens with zero attached hydrogens (tertiary/aromatic N) is 2. The van der Waals surface area contributed by atoms with Crippen LogP contribution in [0.1, 0.15) is 16.1 Å². The Morgan fingerprint density at radius 3 is 3.00 bits per heavy atom.